The lowest BCUT2D eigenvalue weighted by molar-refractivity contribution is -0.383. The number of nitro groups is 1. The number of anilines is 1. The fourth-order valence-electron chi connectivity index (χ4n) is 2.92. The van der Waals surface area contributed by atoms with Gasteiger partial charge < -0.3 is 10.6 Å². The van der Waals surface area contributed by atoms with Gasteiger partial charge in [0.1, 0.15) is 5.69 Å². The summed E-state index contributed by atoms with van der Waals surface area (Å²) in [5.74, 6) is -0.363. The SMILES string of the molecule is CN(C(=O)c1ccc(N)c([N+](=O)[O-])c1)[C@@H](c1ccccc1)c1ccccn1. The number of carbonyl (C=O) groups excluding carboxylic acids is 1. The molecule has 0 aliphatic carbocycles. The largest absolute Gasteiger partial charge is 0.393 e. The van der Waals surface area contributed by atoms with Crippen LogP contribution in [0.1, 0.15) is 27.7 Å². The molecule has 0 aliphatic rings. The van der Waals surface area contributed by atoms with E-state index >= 15 is 0 Å². The molecule has 27 heavy (non-hydrogen) atoms. The van der Waals surface area contributed by atoms with Crippen molar-refractivity contribution in [2.24, 2.45) is 0 Å². The normalized spacial score (nSPS) is 11.6. The second kappa shape index (κ2) is 7.65. The molecule has 3 rings (SSSR count). The minimum absolute atomic E-state index is 0.0172. The van der Waals surface area contributed by atoms with Gasteiger partial charge in [-0.2, -0.15) is 0 Å². The van der Waals surface area contributed by atoms with E-state index in [-0.39, 0.29) is 22.8 Å². The molecule has 0 saturated carbocycles. The zero-order valence-electron chi connectivity index (χ0n) is 14.6. The number of hydrogen-bond acceptors (Lipinski definition) is 5. The van der Waals surface area contributed by atoms with Crippen LogP contribution >= 0.6 is 0 Å². The quantitative estimate of drug-likeness (QED) is 0.425. The molecule has 0 bridgehead atoms. The molecule has 1 aromatic heterocycles. The summed E-state index contributed by atoms with van der Waals surface area (Å²) in [7, 11) is 1.65. The lowest BCUT2D eigenvalue weighted by Gasteiger charge is -2.28. The first kappa shape index (κ1) is 18.1. The van der Waals surface area contributed by atoms with E-state index in [0.717, 1.165) is 5.56 Å². The average Bonchev–Trinajstić information content (AvgIpc) is 2.69. The van der Waals surface area contributed by atoms with Crippen molar-refractivity contribution in [2.75, 3.05) is 12.8 Å². The predicted molar refractivity (Wildman–Crippen MR) is 102 cm³/mol. The van der Waals surface area contributed by atoms with Gasteiger partial charge in [-0.25, -0.2) is 0 Å². The van der Waals surface area contributed by atoms with Gasteiger partial charge in [0.25, 0.3) is 11.6 Å². The van der Waals surface area contributed by atoms with Gasteiger partial charge >= 0.3 is 0 Å². The Kier molecular flexibility index (Phi) is 5.12. The minimum Gasteiger partial charge on any atom is -0.393 e. The first-order valence-corrected chi connectivity index (χ1v) is 8.26. The fraction of sp³-hybridized carbons (Fsp3) is 0.100. The Bertz CT molecular complexity index is 922. The number of nitro benzene ring substituents is 1. The third kappa shape index (κ3) is 3.77. The molecule has 0 fully saturated rings. The van der Waals surface area contributed by atoms with Crippen molar-refractivity contribution >= 4 is 17.3 Å². The molecule has 1 atom stereocenters. The van der Waals surface area contributed by atoms with Crippen molar-refractivity contribution in [3.8, 4) is 0 Å². The Morgan fingerprint density at radius 3 is 2.44 bits per heavy atom. The highest BCUT2D eigenvalue weighted by atomic mass is 16.6. The van der Waals surface area contributed by atoms with Crippen LogP contribution in [0.3, 0.4) is 0 Å². The van der Waals surface area contributed by atoms with E-state index in [0.29, 0.717) is 5.69 Å². The van der Waals surface area contributed by atoms with Crippen LogP contribution in [0.5, 0.6) is 0 Å². The molecule has 7 nitrogen and oxygen atoms in total. The molecule has 2 N–H and O–H groups in total. The predicted octanol–water partition coefficient (Wildman–Crippen LogP) is 3.43. The molecular formula is C20H18N4O3. The first-order valence-electron chi connectivity index (χ1n) is 8.26. The third-order valence-corrected chi connectivity index (χ3v) is 4.26. The van der Waals surface area contributed by atoms with E-state index in [1.54, 1.807) is 19.3 Å². The Labute approximate surface area is 156 Å². The number of rotatable bonds is 5. The zero-order valence-corrected chi connectivity index (χ0v) is 14.6. The molecule has 7 heteroatoms. The standard InChI is InChI=1S/C20H18N4O3/c1-23(20(25)15-10-11-16(21)18(13-15)24(26)27)19(14-7-3-2-4-8-14)17-9-5-6-12-22-17/h2-13,19H,21H2,1H3/t19-/m0/s1. The van der Waals surface area contributed by atoms with Gasteiger partial charge in [-0.1, -0.05) is 36.4 Å². The van der Waals surface area contributed by atoms with Gasteiger partial charge in [-0.15, -0.1) is 0 Å². The maximum Gasteiger partial charge on any atom is 0.292 e. The highest BCUT2D eigenvalue weighted by molar-refractivity contribution is 5.96. The number of hydrogen-bond donors (Lipinski definition) is 1. The van der Waals surface area contributed by atoms with E-state index in [1.807, 2.05) is 42.5 Å². The molecule has 0 aliphatic heterocycles. The van der Waals surface area contributed by atoms with Crippen LogP contribution in [0.4, 0.5) is 11.4 Å². The Hall–Kier alpha value is -3.74. The molecule has 1 heterocycles. The molecular weight excluding hydrogens is 344 g/mol. The van der Waals surface area contributed by atoms with Gasteiger partial charge in [-0.05, 0) is 29.8 Å². The highest BCUT2D eigenvalue weighted by Crippen LogP contribution is 2.29. The van der Waals surface area contributed by atoms with Crippen LogP contribution in [0.2, 0.25) is 0 Å². The molecule has 3 aromatic rings. The molecule has 2 aromatic carbocycles. The van der Waals surface area contributed by atoms with Gasteiger partial charge in [0.15, 0.2) is 0 Å². The van der Waals surface area contributed by atoms with Crippen molar-refractivity contribution in [2.45, 2.75) is 6.04 Å². The first-order chi connectivity index (χ1) is 13.0. The number of carbonyl (C=O) groups is 1. The van der Waals surface area contributed by atoms with Crippen LogP contribution in [0.15, 0.2) is 72.9 Å². The van der Waals surface area contributed by atoms with Crippen molar-refractivity contribution in [3.63, 3.8) is 0 Å². The Morgan fingerprint density at radius 2 is 1.81 bits per heavy atom. The van der Waals surface area contributed by atoms with E-state index in [9.17, 15) is 14.9 Å². The number of nitrogens with zero attached hydrogens (tertiary/aromatic N) is 3. The second-order valence-electron chi connectivity index (χ2n) is 6.01. The highest BCUT2D eigenvalue weighted by Gasteiger charge is 2.26. The zero-order chi connectivity index (χ0) is 19.4. The van der Waals surface area contributed by atoms with Crippen LogP contribution in [-0.4, -0.2) is 27.8 Å². The van der Waals surface area contributed by atoms with Crippen LogP contribution in [0.25, 0.3) is 0 Å². The molecule has 0 radical (unpaired) electrons. The summed E-state index contributed by atoms with van der Waals surface area (Å²) in [5.41, 5.74) is 7.14. The van der Waals surface area contributed by atoms with Crippen molar-refractivity contribution in [1.82, 2.24) is 9.88 Å². The second-order valence-corrected chi connectivity index (χ2v) is 6.01. The summed E-state index contributed by atoms with van der Waals surface area (Å²) in [4.78, 5) is 29.5. The molecule has 0 saturated heterocycles. The topological polar surface area (TPSA) is 102 Å². The number of nitrogen functional groups attached to an aromatic ring is 1. The van der Waals surface area contributed by atoms with Gasteiger partial charge in [0, 0.05) is 24.9 Å². The summed E-state index contributed by atoms with van der Waals surface area (Å²) >= 11 is 0. The number of amides is 1. The minimum atomic E-state index is -0.598. The van der Waals surface area contributed by atoms with E-state index in [1.165, 1.54) is 23.1 Å². The van der Waals surface area contributed by atoms with Crippen LogP contribution in [-0.2, 0) is 0 Å². The van der Waals surface area contributed by atoms with Crippen molar-refractivity contribution < 1.29 is 9.72 Å². The summed E-state index contributed by atoms with van der Waals surface area (Å²) in [6.07, 6.45) is 1.66. The summed E-state index contributed by atoms with van der Waals surface area (Å²) in [6.45, 7) is 0. The van der Waals surface area contributed by atoms with Crippen LogP contribution < -0.4 is 5.73 Å². The van der Waals surface area contributed by atoms with Crippen molar-refractivity contribution in [3.05, 3.63) is 99.9 Å². The molecule has 0 spiro atoms. The lowest BCUT2D eigenvalue weighted by Crippen LogP contribution is -2.32. The summed E-state index contributed by atoms with van der Waals surface area (Å²) < 4.78 is 0. The number of benzene rings is 2. The summed E-state index contributed by atoms with van der Waals surface area (Å²) in [5, 5.41) is 11.1. The van der Waals surface area contributed by atoms with Gasteiger partial charge in [0.05, 0.1) is 16.7 Å². The maximum atomic E-state index is 13.1. The van der Waals surface area contributed by atoms with Crippen LogP contribution in [0, 0.1) is 10.1 Å². The maximum absolute atomic E-state index is 13.1. The average molecular weight is 362 g/mol. The van der Waals surface area contributed by atoms with Crippen molar-refractivity contribution in [1.29, 1.82) is 0 Å². The molecule has 1 amide bonds. The van der Waals surface area contributed by atoms with Gasteiger partial charge in [0.2, 0.25) is 0 Å². The van der Waals surface area contributed by atoms with E-state index in [4.69, 9.17) is 5.73 Å². The summed E-state index contributed by atoms with van der Waals surface area (Å²) in [6, 6.07) is 18.6. The Morgan fingerprint density at radius 1 is 1.11 bits per heavy atom. The number of pyridine rings is 1. The molecule has 0 unspecified atom stereocenters. The Balaban J connectivity index is 2.02. The number of aromatic nitrogens is 1. The third-order valence-electron chi connectivity index (χ3n) is 4.26. The number of nitrogens with two attached hydrogens (primary N) is 1. The monoisotopic (exact) mass is 362 g/mol. The molecule has 136 valence electrons. The fourth-order valence-corrected chi connectivity index (χ4v) is 2.92. The van der Waals surface area contributed by atoms with E-state index < -0.39 is 11.0 Å². The van der Waals surface area contributed by atoms with E-state index in [2.05, 4.69) is 4.98 Å². The smallest absolute Gasteiger partial charge is 0.292 e. The van der Waals surface area contributed by atoms with Gasteiger partial charge in [-0.3, -0.25) is 19.9 Å². The lowest BCUT2D eigenvalue weighted by atomic mass is 10.0.